The summed E-state index contributed by atoms with van der Waals surface area (Å²) in [5.74, 6) is -0.276. The van der Waals surface area contributed by atoms with E-state index in [1.807, 2.05) is 18.2 Å². The molecule has 140 valence electrons. The van der Waals surface area contributed by atoms with Crippen molar-refractivity contribution in [3.8, 4) is 11.9 Å². The molecule has 0 aliphatic carbocycles. The second kappa shape index (κ2) is 7.70. The summed E-state index contributed by atoms with van der Waals surface area (Å²) in [4.78, 5) is 1.14. The standard InChI is InChI=1S/C21H17ClN4OS/c1-12-6-8-13(9-7-12)28-11-17-19-18(14-4-2-3-5-16(14)22)15(10-23)20(24)27-21(19)26-25-17/h2-9,15,18,24H,11H2,1H3,(H,25,26). The number of aromatic amines is 1. The van der Waals surface area contributed by atoms with Crippen molar-refractivity contribution < 1.29 is 4.74 Å². The molecule has 3 aromatic rings. The SMILES string of the molecule is Cc1ccc(SCc2[nH]nc3c2C(c2ccccc2Cl)C(C#N)C(=N)O3)cc1. The summed E-state index contributed by atoms with van der Waals surface area (Å²) >= 11 is 8.12. The maximum absolute atomic E-state index is 9.72. The molecule has 4 rings (SSSR count). The summed E-state index contributed by atoms with van der Waals surface area (Å²) in [5, 5.41) is 25.7. The fourth-order valence-electron chi connectivity index (χ4n) is 3.35. The first-order valence-corrected chi connectivity index (χ1v) is 10.1. The number of nitrogens with zero attached hydrogens (tertiary/aromatic N) is 2. The van der Waals surface area contributed by atoms with Crippen LogP contribution in [0.2, 0.25) is 5.02 Å². The molecule has 2 aromatic carbocycles. The van der Waals surface area contributed by atoms with Gasteiger partial charge in [-0.05, 0) is 30.7 Å². The molecule has 1 aromatic heterocycles. The average molecular weight is 409 g/mol. The van der Waals surface area contributed by atoms with E-state index in [9.17, 15) is 5.26 Å². The molecule has 0 saturated carbocycles. The number of ether oxygens (including phenoxy) is 1. The number of aromatic nitrogens is 2. The number of thioether (sulfide) groups is 1. The lowest BCUT2D eigenvalue weighted by Gasteiger charge is -2.28. The fourth-order valence-corrected chi connectivity index (χ4v) is 4.46. The largest absolute Gasteiger partial charge is 0.422 e. The molecular weight excluding hydrogens is 392 g/mol. The quantitative estimate of drug-likeness (QED) is 0.573. The zero-order chi connectivity index (χ0) is 19.7. The van der Waals surface area contributed by atoms with Crippen LogP contribution in [-0.4, -0.2) is 16.1 Å². The Hall–Kier alpha value is -2.75. The number of aryl methyl sites for hydroxylation is 1. The summed E-state index contributed by atoms with van der Waals surface area (Å²) in [6, 6.07) is 18.0. The Kier molecular flexibility index (Phi) is 5.12. The number of hydrogen-bond donors (Lipinski definition) is 2. The molecule has 2 unspecified atom stereocenters. The molecule has 0 spiro atoms. The van der Waals surface area contributed by atoms with Crippen LogP contribution in [0.25, 0.3) is 0 Å². The van der Waals surface area contributed by atoms with Crippen LogP contribution in [0.4, 0.5) is 0 Å². The first kappa shape index (κ1) is 18.6. The van der Waals surface area contributed by atoms with E-state index >= 15 is 0 Å². The first-order valence-electron chi connectivity index (χ1n) is 8.75. The molecule has 1 aliphatic heterocycles. The zero-order valence-corrected chi connectivity index (χ0v) is 16.6. The van der Waals surface area contributed by atoms with E-state index in [0.717, 1.165) is 21.7 Å². The molecule has 0 radical (unpaired) electrons. The van der Waals surface area contributed by atoms with Gasteiger partial charge < -0.3 is 4.74 Å². The Balaban J connectivity index is 1.73. The number of fused-ring (bicyclic) bond motifs is 1. The molecule has 0 bridgehead atoms. The predicted molar refractivity (Wildman–Crippen MR) is 110 cm³/mol. The fraction of sp³-hybridized carbons (Fsp3) is 0.190. The number of benzene rings is 2. The predicted octanol–water partition coefficient (Wildman–Crippen LogP) is 5.31. The third kappa shape index (κ3) is 3.39. The second-order valence-electron chi connectivity index (χ2n) is 6.59. The van der Waals surface area contributed by atoms with Gasteiger partial charge in [-0.3, -0.25) is 10.5 Å². The Labute approximate surface area is 172 Å². The van der Waals surface area contributed by atoms with Crippen molar-refractivity contribution in [2.24, 2.45) is 5.92 Å². The van der Waals surface area contributed by atoms with Crippen LogP contribution >= 0.6 is 23.4 Å². The van der Waals surface area contributed by atoms with Crippen LogP contribution in [0.3, 0.4) is 0 Å². The lowest BCUT2D eigenvalue weighted by molar-refractivity contribution is 0.436. The van der Waals surface area contributed by atoms with Crippen LogP contribution in [0.1, 0.15) is 28.3 Å². The minimum atomic E-state index is -0.756. The van der Waals surface area contributed by atoms with Crippen LogP contribution < -0.4 is 4.74 Å². The van der Waals surface area contributed by atoms with E-state index in [4.69, 9.17) is 21.7 Å². The molecule has 1 aliphatic rings. The van der Waals surface area contributed by atoms with Crippen molar-refractivity contribution in [3.05, 3.63) is 75.9 Å². The summed E-state index contributed by atoms with van der Waals surface area (Å²) in [5.41, 5.74) is 3.69. The van der Waals surface area contributed by atoms with Gasteiger partial charge in [-0.2, -0.15) is 5.26 Å². The maximum atomic E-state index is 9.72. The van der Waals surface area contributed by atoms with Crippen molar-refractivity contribution in [3.63, 3.8) is 0 Å². The van der Waals surface area contributed by atoms with E-state index in [1.165, 1.54) is 5.56 Å². The molecule has 2 atom stereocenters. The molecule has 2 N–H and O–H groups in total. The number of nitrogens with one attached hydrogen (secondary N) is 2. The summed E-state index contributed by atoms with van der Waals surface area (Å²) in [6.07, 6.45) is 0. The molecule has 2 heterocycles. The van der Waals surface area contributed by atoms with Gasteiger partial charge in [-0.25, -0.2) is 0 Å². The maximum Gasteiger partial charge on any atom is 0.243 e. The molecule has 0 saturated heterocycles. The zero-order valence-electron chi connectivity index (χ0n) is 15.1. The molecular formula is C21H17ClN4OS. The van der Waals surface area contributed by atoms with Gasteiger partial charge in [0.15, 0.2) is 0 Å². The van der Waals surface area contributed by atoms with Gasteiger partial charge >= 0.3 is 0 Å². The van der Waals surface area contributed by atoms with Crippen LogP contribution in [0.5, 0.6) is 5.88 Å². The number of hydrogen-bond acceptors (Lipinski definition) is 5. The van der Waals surface area contributed by atoms with E-state index in [0.29, 0.717) is 16.7 Å². The van der Waals surface area contributed by atoms with E-state index in [1.54, 1.807) is 17.8 Å². The van der Waals surface area contributed by atoms with Crippen molar-refractivity contribution in [1.82, 2.24) is 10.2 Å². The third-order valence-corrected chi connectivity index (χ3v) is 6.15. The highest BCUT2D eigenvalue weighted by Crippen LogP contribution is 2.45. The van der Waals surface area contributed by atoms with E-state index in [2.05, 4.69) is 47.5 Å². The normalized spacial score (nSPS) is 18.2. The van der Waals surface area contributed by atoms with Gasteiger partial charge in [-0.15, -0.1) is 16.9 Å². The van der Waals surface area contributed by atoms with Crippen molar-refractivity contribution >= 4 is 29.3 Å². The summed E-state index contributed by atoms with van der Waals surface area (Å²) in [7, 11) is 0. The van der Waals surface area contributed by atoms with Gasteiger partial charge in [0.05, 0.1) is 11.8 Å². The highest BCUT2D eigenvalue weighted by Gasteiger charge is 2.41. The topological polar surface area (TPSA) is 85.5 Å². The molecule has 28 heavy (non-hydrogen) atoms. The molecule has 5 nitrogen and oxygen atoms in total. The number of nitriles is 1. The lowest BCUT2D eigenvalue weighted by Crippen LogP contribution is -2.31. The highest BCUT2D eigenvalue weighted by atomic mass is 35.5. The van der Waals surface area contributed by atoms with Gasteiger partial charge in [0.1, 0.15) is 5.92 Å². The van der Waals surface area contributed by atoms with E-state index in [-0.39, 0.29) is 5.90 Å². The second-order valence-corrected chi connectivity index (χ2v) is 8.05. The smallest absolute Gasteiger partial charge is 0.243 e. The molecule has 7 heteroatoms. The Morgan fingerprint density at radius 3 is 2.71 bits per heavy atom. The Morgan fingerprint density at radius 2 is 2.00 bits per heavy atom. The average Bonchev–Trinajstić information content (AvgIpc) is 3.09. The van der Waals surface area contributed by atoms with Crippen LogP contribution in [-0.2, 0) is 5.75 Å². The number of halogens is 1. The summed E-state index contributed by atoms with van der Waals surface area (Å²) in [6.45, 7) is 2.06. The van der Waals surface area contributed by atoms with Crippen molar-refractivity contribution in [1.29, 1.82) is 10.7 Å². The molecule has 0 fully saturated rings. The van der Waals surface area contributed by atoms with Crippen molar-refractivity contribution in [2.45, 2.75) is 23.5 Å². The Bertz CT molecular complexity index is 1070. The third-order valence-electron chi connectivity index (χ3n) is 4.76. The van der Waals surface area contributed by atoms with Gasteiger partial charge in [-0.1, -0.05) is 47.5 Å². The van der Waals surface area contributed by atoms with Gasteiger partial charge in [0.2, 0.25) is 11.8 Å². The summed E-state index contributed by atoms with van der Waals surface area (Å²) < 4.78 is 5.54. The lowest BCUT2D eigenvalue weighted by atomic mass is 9.79. The van der Waals surface area contributed by atoms with Crippen molar-refractivity contribution in [2.75, 3.05) is 0 Å². The van der Waals surface area contributed by atoms with Crippen LogP contribution in [0.15, 0.2) is 53.4 Å². The minimum Gasteiger partial charge on any atom is -0.422 e. The van der Waals surface area contributed by atoms with Gasteiger partial charge in [0.25, 0.3) is 0 Å². The van der Waals surface area contributed by atoms with Crippen LogP contribution in [0, 0.1) is 29.6 Å². The number of rotatable bonds is 4. The Morgan fingerprint density at radius 1 is 1.25 bits per heavy atom. The minimum absolute atomic E-state index is 0.107. The number of H-pyrrole nitrogens is 1. The highest BCUT2D eigenvalue weighted by molar-refractivity contribution is 7.98. The first-order chi connectivity index (χ1) is 13.6. The van der Waals surface area contributed by atoms with Gasteiger partial charge in [0, 0.05) is 27.2 Å². The molecule has 0 amide bonds. The monoisotopic (exact) mass is 408 g/mol. The van der Waals surface area contributed by atoms with E-state index < -0.39 is 11.8 Å².